The Kier molecular flexibility index (Phi) is 6.11. The van der Waals surface area contributed by atoms with Crippen molar-refractivity contribution in [1.82, 2.24) is 9.88 Å². The summed E-state index contributed by atoms with van der Waals surface area (Å²) in [6.07, 6.45) is 5.13. The van der Waals surface area contributed by atoms with E-state index in [1.165, 1.54) is 17.3 Å². The van der Waals surface area contributed by atoms with E-state index in [9.17, 15) is 14.7 Å². The van der Waals surface area contributed by atoms with Crippen molar-refractivity contribution in [1.29, 1.82) is 0 Å². The number of piperazine rings is 1. The number of carbonyl (C=O) groups is 1. The molecule has 2 aromatic carbocycles. The molecule has 4 aromatic rings. The second-order valence-electron chi connectivity index (χ2n) is 9.10. The van der Waals surface area contributed by atoms with E-state index >= 15 is 0 Å². The number of carboxylic acid groups (broad SMARTS) is 1. The third-order valence-electron chi connectivity index (χ3n) is 6.84. The van der Waals surface area contributed by atoms with Crippen molar-refractivity contribution >= 4 is 33.5 Å². The minimum Gasteiger partial charge on any atom is -0.478 e. The summed E-state index contributed by atoms with van der Waals surface area (Å²) in [5.41, 5.74) is 5.16. The van der Waals surface area contributed by atoms with Crippen molar-refractivity contribution in [3.05, 3.63) is 75.8 Å². The molecule has 0 amide bonds. The summed E-state index contributed by atoms with van der Waals surface area (Å²) in [6.45, 7) is 7.14. The molecule has 0 bridgehead atoms. The Hall–Kier alpha value is -3.58. The van der Waals surface area contributed by atoms with Crippen molar-refractivity contribution in [2.75, 3.05) is 37.6 Å². The van der Waals surface area contributed by atoms with E-state index in [1.807, 2.05) is 24.4 Å². The van der Waals surface area contributed by atoms with Crippen LogP contribution in [0.3, 0.4) is 0 Å². The van der Waals surface area contributed by atoms with Crippen LogP contribution < -0.4 is 10.5 Å². The van der Waals surface area contributed by atoms with Crippen LogP contribution in [0.5, 0.6) is 0 Å². The topological polar surface area (TPSA) is 89.8 Å². The molecule has 0 radical (unpaired) electrons. The van der Waals surface area contributed by atoms with Crippen LogP contribution in [0.15, 0.2) is 57.9 Å². The highest BCUT2D eigenvalue weighted by Gasteiger charge is 2.19. The van der Waals surface area contributed by atoms with Gasteiger partial charge in [-0.05, 0) is 80.3 Å². The Bertz CT molecular complexity index is 1400. The van der Waals surface area contributed by atoms with Crippen LogP contribution >= 0.6 is 0 Å². The maximum Gasteiger partial charge on any atom is 0.336 e. The average Bonchev–Trinajstić information content (AvgIpc) is 3.24. The van der Waals surface area contributed by atoms with Gasteiger partial charge in [-0.25, -0.2) is 9.59 Å². The highest BCUT2D eigenvalue weighted by atomic mass is 16.4. The van der Waals surface area contributed by atoms with E-state index in [0.717, 1.165) is 73.8 Å². The molecule has 34 heavy (non-hydrogen) atoms. The molecule has 1 saturated heterocycles. The van der Waals surface area contributed by atoms with Crippen molar-refractivity contribution < 1.29 is 14.3 Å². The predicted molar refractivity (Wildman–Crippen MR) is 134 cm³/mol. The van der Waals surface area contributed by atoms with Crippen LogP contribution in [0.4, 0.5) is 5.69 Å². The van der Waals surface area contributed by atoms with Gasteiger partial charge in [-0.3, -0.25) is 4.90 Å². The number of unbranched alkanes of at least 4 members (excludes halogenated alkanes) is 1. The number of aromatic amines is 1. The van der Waals surface area contributed by atoms with Crippen LogP contribution in [0.1, 0.15) is 34.3 Å². The average molecular weight is 460 g/mol. The Morgan fingerprint density at radius 1 is 1.06 bits per heavy atom. The van der Waals surface area contributed by atoms with E-state index < -0.39 is 5.97 Å². The van der Waals surface area contributed by atoms with Crippen LogP contribution in [0.25, 0.3) is 21.9 Å². The van der Waals surface area contributed by atoms with Crippen LogP contribution in [-0.4, -0.2) is 53.7 Å². The minimum atomic E-state index is -0.890. The van der Waals surface area contributed by atoms with Crippen LogP contribution in [0, 0.1) is 6.92 Å². The zero-order valence-corrected chi connectivity index (χ0v) is 19.3. The van der Waals surface area contributed by atoms with Crippen molar-refractivity contribution in [2.24, 2.45) is 0 Å². The summed E-state index contributed by atoms with van der Waals surface area (Å²) in [5, 5.41) is 11.2. The normalized spacial score (nSPS) is 14.8. The summed E-state index contributed by atoms with van der Waals surface area (Å²) < 4.78 is 5.31. The summed E-state index contributed by atoms with van der Waals surface area (Å²) in [5.74, 6) is -0.890. The molecule has 2 aromatic heterocycles. The Morgan fingerprint density at radius 3 is 2.68 bits per heavy atom. The maximum absolute atomic E-state index is 11.5. The lowest BCUT2D eigenvalue weighted by Gasteiger charge is -2.37. The number of hydrogen-bond donors (Lipinski definition) is 2. The van der Waals surface area contributed by atoms with E-state index in [-0.39, 0.29) is 5.63 Å². The number of carboxylic acids is 1. The Morgan fingerprint density at radius 2 is 1.88 bits per heavy atom. The lowest BCUT2D eigenvalue weighted by atomic mass is 10.0. The molecule has 1 aliphatic heterocycles. The number of H-pyrrole nitrogens is 1. The molecule has 3 heterocycles. The number of hydrogen-bond acceptors (Lipinski definition) is 5. The predicted octanol–water partition coefficient (Wildman–Crippen LogP) is 4.43. The fraction of sp³-hybridized carbons (Fsp3) is 0.333. The smallest absolute Gasteiger partial charge is 0.336 e. The first-order valence-corrected chi connectivity index (χ1v) is 11.8. The van der Waals surface area contributed by atoms with E-state index in [1.54, 1.807) is 12.1 Å². The first-order valence-electron chi connectivity index (χ1n) is 11.8. The Labute approximate surface area is 197 Å². The van der Waals surface area contributed by atoms with Gasteiger partial charge in [0.1, 0.15) is 5.58 Å². The van der Waals surface area contributed by atoms with Gasteiger partial charge in [-0.2, -0.15) is 0 Å². The van der Waals surface area contributed by atoms with Gasteiger partial charge in [0.15, 0.2) is 0 Å². The van der Waals surface area contributed by atoms with Gasteiger partial charge >= 0.3 is 11.6 Å². The number of nitrogens with one attached hydrogen (secondary N) is 1. The van der Waals surface area contributed by atoms with Crippen LogP contribution in [0.2, 0.25) is 0 Å². The number of fused-ring (bicyclic) bond motifs is 2. The zero-order chi connectivity index (χ0) is 23.7. The zero-order valence-electron chi connectivity index (χ0n) is 19.3. The molecule has 1 aliphatic rings. The minimum absolute atomic E-state index is 0.317. The van der Waals surface area contributed by atoms with E-state index in [0.29, 0.717) is 11.1 Å². The SMILES string of the molecule is Cc1cc2oc(=O)ccc2cc1N1CCN(CCCCc2c[nH]c3ccc(C(=O)O)cc23)CC1. The van der Waals surface area contributed by atoms with Crippen molar-refractivity contribution in [3.8, 4) is 0 Å². The first-order chi connectivity index (χ1) is 16.5. The molecule has 1 fully saturated rings. The monoisotopic (exact) mass is 459 g/mol. The van der Waals surface area contributed by atoms with Gasteiger partial charge in [0.05, 0.1) is 5.56 Å². The van der Waals surface area contributed by atoms with Gasteiger partial charge in [0.25, 0.3) is 0 Å². The molecule has 0 atom stereocenters. The molecular formula is C27H29N3O4. The summed E-state index contributed by atoms with van der Waals surface area (Å²) in [6, 6.07) is 12.6. The summed E-state index contributed by atoms with van der Waals surface area (Å²) >= 11 is 0. The standard InChI is InChI=1S/C27H29N3O4/c1-18-14-25-19(6-8-26(31)34-25)16-24(18)30-12-10-29(11-13-30)9-3-2-4-21-17-28-23-7-5-20(27(32)33)15-22(21)23/h5-8,14-17,28H,2-4,9-13H2,1H3,(H,32,33). The fourth-order valence-corrected chi connectivity index (χ4v) is 4.93. The van der Waals surface area contributed by atoms with E-state index in [4.69, 9.17) is 4.42 Å². The molecule has 0 spiro atoms. The number of aromatic nitrogens is 1. The molecule has 176 valence electrons. The van der Waals surface area contributed by atoms with Gasteiger partial charge in [-0.15, -0.1) is 0 Å². The molecule has 2 N–H and O–H groups in total. The highest BCUT2D eigenvalue weighted by molar-refractivity contribution is 5.94. The van der Waals surface area contributed by atoms with Crippen molar-refractivity contribution in [2.45, 2.75) is 26.2 Å². The lowest BCUT2D eigenvalue weighted by Crippen LogP contribution is -2.46. The van der Waals surface area contributed by atoms with E-state index in [2.05, 4.69) is 27.8 Å². The summed E-state index contributed by atoms with van der Waals surface area (Å²) in [4.78, 5) is 31.0. The van der Waals surface area contributed by atoms with Gasteiger partial charge in [0.2, 0.25) is 0 Å². The second-order valence-corrected chi connectivity index (χ2v) is 9.10. The number of aryl methyl sites for hydroxylation is 2. The number of rotatable bonds is 7. The van der Waals surface area contributed by atoms with Gasteiger partial charge < -0.3 is 19.4 Å². The second kappa shape index (κ2) is 9.35. The molecule has 7 nitrogen and oxygen atoms in total. The molecule has 0 aliphatic carbocycles. The third-order valence-corrected chi connectivity index (χ3v) is 6.84. The number of nitrogens with zero attached hydrogens (tertiary/aromatic N) is 2. The maximum atomic E-state index is 11.5. The lowest BCUT2D eigenvalue weighted by molar-refractivity contribution is 0.0697. The van der Waals surface area contributed by atoms with Gasteiger partial charge in [0, 0.05) is 60.4 Å². The van der Waals surface area contributed by atoms with Crippen molar-refractivity contribution in [3.63, 3.8) is 0 Å². The number of anilines is 1. The highest BCUT2D eigenvalue weighted by Crippen LogP contribution is 2.27. The largest absolute Gasteiger partial charge is 0.478 e. The van der Waals surface area contributed by atoms with Gasteiger partial charge in [-0.1, -0.05) is 0 Å². The summed E-state index contributed by atoms with van der Waals surface area (Å²) in [7, 11) is 0. The Balaban J connectivity index is 1.13. The van der Waals surface area contributed by atoms with Crippen LogP contribution in [-0.2, 0) is 6.42 Å². The third kappa shape index (κ3) is 4.56. The fourth-order valence-electron chi connectivity index (χ4n) is 4.93. The molecular weight excluding hydrogens is 430 g/mol. The first kappa shape index (κ1) is 22.2. The molecule has 0 unspecified atom stereocenters. The molecule has 7 heteroatoms. The number of aromatic carboxylic acids is 1. The molecule has 5 rings (SSSR count). The molecule has 0 saturated carbocycles. The number of benzene rings is 2. The quantitative estimate of drug-likeness (QED) is 0.314.